The van der Waals surface area contributed by atoms with Gasteiger partial charge in [0.1, 0.15) is 11.6 Å². The van der Waals surface area contributed by atoms with Crippen molar-refractivity contribution in [1.29, 1.82) is 0 Å². The number of ether oxygens (including phenoxy) is 1. The number of aryl methyl sites for hydroxylation is 1. The molecule has 23 heavy (non-hydrogen) atoms. The molecule has 0 aliphatic rings. The summed E-state index contributed by atoms with van der Waals surface area (Å²) in [5.74, 6) is 2.04. The maximum absolute atomic E-state index is 5.24. The van der Waals surface area contributed by atoms with E-state index < -0.39 is 0 Å². The maximum Gasteiger partial charge on any atom is 0.118 e. The Morgan fingerprint density at radius 1 is 1.00 bits per heavy atom. The van der Waals surface area contributed by atoms with Crippen molar-refractivity contribution in [2.24, 2.45) is 0 Å². The first kappa shape index (κ1) is 15.6. The number of unbranched alkanes of at least 4 members (excludes halogenated alkanes) is 2. The number of methoxy groups -OCH3 is 1. The molecule has 0 amide bonds. The molecule has 3 heteroatoms. The third-order valence-corrected chi connectivity index (χ3v) is 4.24. The van der Waals surface area contributed by atoms with Crippen LogP contribution in [0.3, 0.4) is 0 Å². The van der Waals surface area contributed by atoms with Crippen LogP contribution >= 0.6 is 0 Å². The first-order valence-corrected chi connectivity index (χ1v) is 8.39. The van der Waals surface area contributed by atoms with E-state index in [0.717, 1.165) is 30.1 Å². The zero-order valence-corrected chi connectivity index (χ0v) is 14.0. The average Bonchev–Trinajstić information content (AvgIpc) is 2.93. The number of hydrogen-bond donors (Lipinski definition) is 0. The highest BCUT2D eigenvalue weighted by atomic mass is 16.5. The Labute approximate surface area is 137 Å². The van der Waals surface area contributed by atoms with Crippen LogP contribution in [-0.4, -0.2) is 16.7 Å². The third kappa shape index (κ3) is 3.55. The molecule has 0 atom stereocenters. The van der Waals surface area contributed by atoms with Gasteiger partial charge in [-0.3, -0.25) is 0 Å². The zero-order valence-electron chi connectivity index (χ0n) is 14.0. The van der Waals surface area contributed by atoms with Crippen molar-refractivity contribution in [3.05, 3.63) is 59.9 Å². The van der Waals surface area contributed by atoms with Crippen LogP contribution in [-0.2, 0) is 13.0 Å². The molecule has 0 saturated heterocycles. The van der Waals surface area contributed by atoms with Crippen molar-refractivity contribution < 1.29 is 4.74 Å². The topological polar surface area (TPSA) is 27.1 Å². The van der Waals surface area contributed by atoms with Gasteiger partial charge < -0.3 is 9.30 Å². The lowest BCUT2D eigenvalue weighted by Gasteiger charge is -2.09. The van der Waals surface area contributed by atoms with Gasteiger partial charge in [-0.15, -0.1) is 0 Å². The fourth-order valence-corrected chi connectivity index (χ4v) is 2.96. The Morgan fingerprint density at radius 3 is 2.52 bits per heavy atom. The second-order valence-corrected chi connectivity index (χ2v) is 5.90. The molecule has 0 N–H and O–H groups in total. The summed E-state index contributed by atoms with van der Waals surface area (Å²) in [4.78, 5) is 4.86. The minimum Gasteiger partial charge on any atom is -0.497 e. The van der Waals surface area contributed by atoms with Crippen molar-refractivity contribution in [3.63, 3.8) is 0 Å². The van der Waals surface area contributed by atoms with Gasteiger partial charge in [-0.25, -0.2) is 4.98 Å². The van der Waals surface area contributed by atoms with E-state index in [4.69, 9.17) is 9.72 Å². The monoisotopic (exact) mass is 308 g/mol. The quantitative estimate of drug-likeness (QED) is 0.585. The predicted octanol–water partition coefficient (Wildman–Crippen LogP) is 4.83. The number of hydrogen-bond acceptors (Lipinski definition) is 2. The summed E-state index contributed by atoms with van der Waals surface area (Å²) in [5, 5.41) is 0. The minimum absolute atomic E-state index is 0.852. The van der Waals surface area contributed by atoms with Gasteiger partial charge in [0.15, 0.2) is 0 Å². The van der Waals surface area contributed by atoms with Crippen LogP contribution in [0.1, 0.15) is 37.6 Å². The normalized spacial score (nSPS) is 11.0. The van der Waals surface area contributed by atoms with E-state index in [1.54, 1.807) is 7.11 Å². The number of aromatic nitrogens is 2. The minimum atomic E-state index is 0.852. The highest BCUT2D eigenvalue weighted by Crippen LogP contribution is 2.20. The standard InChI is InChI=1S/C20H24N2O/c1-3-4-7-14-22-19-9-6-5-8-18(19)21-20(22)15-16-10-12-17(23-2)13-11-16/h5-6,8-13H,3-4,7,14-15H2,1-2H3. The lowest BCUT2D eigenvalue weighted by Crippen LogP contribution is -2.05. The third-order valence-electron chi connectivity index (χ3n) is 4.24. The van der Waals surface area contributed by atoms with E-state index in [0.29, 0.717) is 0 Å². The molecule has 0 fully saturated rings. The van der Waals surface area contributed by atoms with Crippen LogP contribution in [0.15, 0.2) is 48.5 Å². The SMILES string of the molecule is CCCCCn1c(Cc2ccc(OC)cc2)nc2ccccc21. The summed E-state index contributed by atoms with van der Waals surface area (Å²) < 4.78 is 7.62. The van der Waals surface area contributed by atoms with Gasteiger partial charge in [-0.2, -0.15) is 0 Å². The summed E-state index contributed by atoms with van der Waals surface area (Å²) in [6.45, 7) is 3.28. The number of nitrogens with zero attached hydrogens (tertiary/aromatic N) is 2. The second-order valence-electron chi connectivity index (χ2n) is 5.90. The van der Waals surface area contributed by atoms with Gasteiger partial charge in [0.2, 0.25) is 0 Å². The summed E-state index contributed by atoms with van der Waals surface area (Å²) in [5.41, 5.74) is 3.59. The first-order chi connectivity index (χ1) is 11.3. The molecule has 3 aromatic rings. The highest BCUT2D eigenvalue weighted by Gasteiger charge is 2.10. The highest BCUT2D eigenvalue weighted by molar-refractivity contribution is 5.76. The summed E-state index contributed by atoms with van der Waals surface area (Å²) in [6.07, 6.45) is 4.55. The van der Waals surface area contributed by atoms with Gasteiger partial charge in [0, 0.05) is 13.0 Å². The van der Waals surface area contributed by atoms with E-state index in [9.17, 15) is 0 Å². The molecule has 0 bridgehead atoms. The summed E-state index contributed by atoms with van der Waals surface area (Å²) in [7, 11) is 1.70. The van der Waals surface area contributed by atoms with Gasteiger partial charge in [-0.1, -0.05) is 44.0 Å². The van der Waals surface area contributed by atoms with Crippen LogP contribution in [0.5, 0.6) is 5.75 Å². The fraction of sp³-hybridized carbons (Fsp3) is 0.350. The van der Waals surface area contributed by atoms with Crippen molar-refractivity contribution in [1.82, 2.24) is 9.55 Å². The molecule has 3 rings (SSSR count). The molecule has 120 valence electrons. The van der Waals surface area contributed by atoms with Crippen LogP contribution in [0.2, 0.25) is 0 Å². The average molecular weight is 308 g/mol. The largest absolute Gasteiger partial charge is 0.497 e. The van der Waals surface area contributed by atoms with E-state index in [-0.39, 0.29) is 0 Å². The Bertz CT molecular complexity index is 759. The molecule has 0 aliphatic carbocycles. The molecule has 0 radical (unpaired) electrons. The van der Waals surface area contributed by atoms with Gasteiger partial charge >= 0.3 is 0 Å². The van der Waals surface area contributed by atoms with Crippen LogP contribution < -0.4 is 4.74 Å². The fourth-order valence-electron chi connectivity index (χ4n) is 2.96. The zero-order chi connectivity index (χ0) is 16.1. The van der Waals surface area contributed by atoms with Gasteiger partial charge in [0.25, 0.3) is 0 Å². The molecule has 3 nitrogen and oxygen atoms in total. The molecular weight excluding hydrogens is 284 g/mol. The number of rotatable bonds is 7. The number of para-hydroxylation sites is 2. The molecule has 0 saturated carbocycles. The summed E-state index contributed by atoms with van der Waals surface area (Å²) >= 11 is 0. The number of benzene rings is 2. The van der Waals surface area contributed by atoms with Gasteiger partial charge in [0.05, 0.1) is 18.1 Å². The first-order valence-electron chi connectivity index (χ1n) is 8.39. The Morgan fingerprint density at radius 2 is 1.78 bits per heavy atom. The molecular formula is C20H24N2O. The second kappa shape index (κ2) is 7.32. The lowest BCUT2D eigenvalue weighted by molar-refractivity contribution is 0.414. The van der Waals surface area contributed by atoms with Crippen LogP contribution in [0.25, 0.3) is 11.0 Å². The Balaban J connectivity index is 1.89. The lowest BCUT2D eigenvalue weighted by atomic mass is 10.1. The number of fused-ring (bicyclic) bond motifs is 1. The maximum atomic E-state index is 5.24. The predicted molar refractivity (Wildman–Crippen MR) is 95.1 cm³/mol. The van der Waals surface area contributed by atoms with E-state index in [1.807, 2.05) is 12.1 Å². The molecule has 0 aliphatic heterocycles. The summed E-state index contributed by atoms with van der Waals surface area (Å²) in [6, 6.07) is 16.7. The van der Waals surface area contributed by atoms with E-state index >= 15 is 0 Å². The Kier molecular flexibility index (Phi) is 4.96. The number of imidazole rings is 1. The van der Waals surface area contributed by atoms with Crippen molar-refractivity contribution in [2.75, 3.05) is 7.11 Å². The van der Waals surface area contributed by atoms with Crippen LogP contribution in [0, 0.1) is 0 Å². The molecule has 1 aromatic heterocycles. The van der Waals surface area contributed by atoms with Crippen molar-refractivity contribution >= 4 is 11.0 Å². The molecule has 0 spiro atoms. The smallest absolute Gasteiger partial charge is 0.118 e. The Hall–Kier alpha value is -2.29. The van der Waals surface area contributed by atoms with E-state index in [1.165, 1.54) is 30.3 Å². The van der Waals surface area contributed by atoms with Crippen molar-refractivity contribution in [2.45, 2.75) is 39.2 Å². The van der Waals surface area contributed by atoms with Gasteiger partial charge in [-0.05, 0) is 36.2 Å². The van der Waals surface area contributed by atoms with Crippen molar-refractivity contribution in [3.8, 4) is 5.75 Å². The molecule has 1 heterocycles. The molecule has 0 unspecified atom stereocenters. The van der Waals surface area contributed by atoms with E-state index in [2.05, 4.69) is 47.9 Å². The molecule has 2 aromatic carbocycles. The van der Waals surface area contributed by atoms with Crippen LogP contribution in [0.4, 0.5) is 0 Å².